The van der Waals surface area contributed by atoms with Crippen LogP contribution in [0.3, 0.4) is 0 Å². The SMILES string of the molecule is NCCCCCCCCCCCCCCN.NCCCCCCCCCCCCCN. The highest BCUT2D eigenvalue weighted by molar-refractivity contribution is 4.50. The maximum Gasteiger partial charge on any atom is -0.00773 e. The molecule has 8 N–H and O–H groups in total. The fraction of sp³-hybridized carbons (Fsp3) is 1.00. The molecule has 0 fully saturated rings. The van der Waals surface area contributed by atoms with Crippen LogP contribution in [0.4, 0.5) is 0 Å². The molecule has 0 unspecified atom stereocenters. The van der Waals surface area contributed by atoms with Crippen LogP contribution in [-0.4, -0.2) is 26.2 Å². The van der Waals surface area contributed by atoms with Gasteiger partial charge >= 0.3 is 0 Å². The molecule has 0 amide bonds. The minimum Gasteiger partial charge on any atom is -0.330 e. The fourth-order valence-corrected chi connectivity index (χ4v) is 3.94. The summed E-state index contributed by atoms with van der Waals surface area (Å²) in [5.41, 5.74) is 21.8. The number of hydrogen-bond acceptors (Lipinski definition) is 4. The van der Waals surface area contributed by atoms with Gasteiger partial charge in [-0.1, -0.05) is 122 Å². The van der Waals surface area contributed by atoms with E-state index in [-0.39, 0.29) is 0 Å². The highest BCUT2D eigenvalue weighted by Gasteiger charge is 1.93. The number of nitrogens with two attached hydrogens (primary N) is 4. The molecule has 0 rings (SSSR count). The van der Waals surface area contributed by atoms with Crippen molar-refractivity contribution in [1.82, 2.24) is 0 Å². The van der Waals surface area contributed by atoms with Crippen molar-refractivity contribution in [2.24, 2.45) is 22.9 Å². The van der Waals surface area contributed by atoms with Crippen LogP contribution >= 0.6 is 0 Å². The second kappa shape index (κ2) is 34.5. The summed E-state index contributed by atoms with van der Waals surface area (Å²) >= 11 is 0. The predicted molar refractivity (Wildman–Crippen MR) is 142 cm³/mol. The van der Waals surface area contributed by atoms with Crippen LogP contribution < -0.4 is 22.9 Å². The summed E-state index contributed by atoms with van der Waals surface area (Å²) in [5.74, 6) is 0. The zero-order chi connectivity index (χ0) is 23.1. The van der Waals surface area contributed by atoms with Crippen molar-refractivity contribution in [3.63, 3.8) is 0 Å². The van der Waals surface area contributed by atoms with Gasteiger partial charge in [0.25, 0.3) is 0 Å². The molecule has 0 radical (unpaired) electrons. The van der Waals surface area contributed by atoms with Gasteiger partial charge < -0.3 is 22.9 Å². The molecule has 4 nitrogen and oxygen atoms in total. The van der Waals surface area contributed by atoms with Gasteiger partial charge in [0.05, 0.1) is 0 Å². The summed E-state index contributed by atoms with van der Waals surface area (Å²) in [6.07, 6.45) is 31.3. The third-order valence-corrected chi connectivity index (χ3v) is 6.07. The third-order valence-electron chi connectivity index (χ3n) is 6.07. The Morgan fingerprint density at radius 2 is 0.258 bits per heavy atom. The Hall–Kier alpha value is -0.160. The highest BCUT2D eigenvalue weighted by Crippen LogP contribution is 2.12. The Kier molecular flexibility index (Phi) is 36.7. The number of unbranched alkanes of at least 4 members (excludes halogenated alkanes) is 21. The molecule has 0 bridgehead atoms. The van der Waals surface area contributed by atoms with Crippen LogP contribution in [0.5, 0.6) is 0 Å². The number of rotatable bonds is 25. The molecule has 0 aliphatic carbocycles. The smallest absolute Gasteiger partial charge is 0.00773 e. The van der Waals surface area contributed by atoms with Gasteiger partial charge in [0, 0.05) is 0 Å². The molecule has 0 heterocycles. The summed E-state index contributed by atoms with van der Waals surface area (Å²) in [6.45, 7) is 3.45. The highest BCUT2D eigenvalue weighted by atomic mass is 14.5. The average molecular weight is 443 g/mol. The lowest BCUT2D eigenvalue weighted by atomic mass is 10.1. The first-order chi connectivity index (χ1) is 15.3. The summed E-state index contributed by atoms with van der Waals surface area (Å²) < 4.78 is 0. The minimum absolute atomic E-state index is 0.862. The van der Waals surface area contributed by atoms with E-state index in [2.05, 4.69) is 0 Å². The van der Waals surface area contributed by atoms with Gasteiger partial charge in [-0.25, -0.2) is 0 Å². The molecule has 190 valence electrons. The van der Waals surface area contributed by atoms with E-state index in [1.165, 1.54) is 148 Å². The maximum absolute atomic E-state index is 5.45. The zero-order valence-electron chi connectivity index (χ0n) is 21.4. The van der Waals surface area contributed by atoms with E-state index in [1.807, 2.05) is 0 Å². The quantitative estimate of drug-likeness (QED) is 0.117. The Balaban J connectivity index is 0. The lowest BCUT2D eigenvalue weighted by Gasteiger charge is -2.02. The van der Waals surface area contributed by atoms with Crippen LogP contribution in [0, 0.1) is 0 Å². The second-order valence-corrected chi connectivity index (χ2v) is 9.29. The average Bonchev–Trinajstić information content (AvgIpc) is 2.79. The largest absolute Gasteiger partial charge is 0.330 e. The van der Waals surface area contributed by atoms with Crippen molar-refractivity contribution in [3.8, 4) is 0 Å². The molecule has 31 heavy (non-hydrogen) atoms. The predicted octanol–water partition coefficient (Wildman–Crippen LogP) is 6.78. The van der Waals surface area contributed by atoms with Crippen molar-refractivity contribution < 1.29 is 0 Å². The van der Waals surface area contributed by atoms with Crippen molar-refractivity contribution in [2.75, 3.05) is 26.2 Å². The minimum atomic E-state index is 0.862. The molecular weight excluding hydrogens is 380 g/mol. The van der Waals surface area contributed by atoms with Crippen LogP contribution in [0.25, 0.3) is 0 Å². The molecule has 0 saturated carbocycles. The molecule has 0 aromatic carbocycles. The van der Waals surface area contributed by atoms with Crippen LogP contribution in [-0.2, 0) is 0 Å². The maximum atomic E-state index is 5.45. The van der Waals surface area contributed by atoms with E-state index in [1.54, 1.807) is 0 Å². The van der Waals surface area contributed by atoms with E-state index in [0.717, 1.165) is 26.2 Å². The zero-order valence-corrected chi connectivity index (χ0v) is 21.4. The first-order valence-electron chi connectivity index (χ1n) is 14.1. The van der Waals surface area contributed by atoms with Gasteiger partial charge in [-0.15, -0.1) is 0 Å². The van der Waals surface area contributed by atoms with E-state index < -0.39 is 0 Å². The van der Waals surface area contributed by atoms with E-state index in [9.17, 15) is 0 Å². The van der Waals surface area contributed by atoms with Crippen molar-refractivity contribution in [2.45, 2.75) is 148 Å². The first kappa shape index (κ1) is 33.0. The van der Waals surface area contributed by atoms with Gasteiger partial charge in [-0.2, -0.15) is 0 Å². The number of hydrogen-bond donors (Lipinski definition) is 4. The van der Waals surface area contributed by atoms with E-state index >= 15 is 0 Å². The molecular formula is C27H62N4. The molecule has 0 spiro atoms. The summed E-state index contributed by atoms with van der Waals surface area (Å²) in [5, 5.41) is 0. The molecule has 0 aromatic heterocycles. The Morgan fingerprint density at radius 3 is 0.355 bits per heavy atom. The van der Waals surface area contributed by atoms with Gasteiger partial charge in [-0.3, -0.25) is 0 Å². The summed E-state index contributed by atoms with van der Waals surface area (Å²) in [7, 11) is 0. The summed E-state index contributed by atoms with van der Waals surface area (Å²) in [6, 6.07) is 0. The summed E-state index contributed by atoms with van der Waals surface area (Å²) in [4.78, 5) is 0. The van der Waals surface area contributed by atoms with Crippen LogP contribution in [0.2, 0.25) is 0 Å². The molecule has 0 aliphatic rings. The van der Waals surface area contributed by atoms with Gasteiger partial charge in [-0.05, 0) is 51.9 Å². The molecule has 0 saturated heterocycles. The Labute approximate surface area is 197 Å². The van der Waals surface area contributed by atoms with E-state index in [0.29, 0.717) is 0 Å². The third kappa shape index (κ3) is 37.5. The molecule has 0 atom stereocenters. The van der Waals surface area contributed by atoms with Crippen molar-refractivity contribution in [1.29, 1.82) is 0 Å². The monoisotopic (exact) mass is 442 g/mol. The van der Waals surface area contributed by atoms with Crippen LogP contribution in [0.1, 0.15) is 148 Å². The second-order valence-electron chi connectivity index (χ2n) is 9.29. The van der Waals surface area contributed by atoms with Gasteiger partial charge in [0.1, 0.15) is 0 Å². The Morgan fingerprint density at radius 1 is 0.161 bits per heavy atom. The first-order valence-corrected chi connectivity index (χ1v) is 14.1. The Bertz CT molecular complexity index is 248. The van der Waals surface area contributed by atoms with Gasteiger partial charge in [0.15, 0.2) is 0 Å². The standard InChI is InChI=1S/C14H32N2.C13H30N2/c15-13-11-9-7-5-3-1-2-4-6-8-10-12-14-16;14-12-10-8-6-4-2-1-3-5-7-9-11-13-15/h1-16H2;1-15H2. The lowest BCUT2D eigenvalue weighted by Crippen LogP contribution is -1.97. The lowest BCUT2D eigenvalue weighted by molar-refractivity contribution is 0.543. The normalized spacial score (nSPS) is 10.8. The van der Waals surface area contributed by atoms with Crippen molar-refractivity contribution >= 4 is 0 Å². The van der Waals surface area contributed by atoms with Crippen LogP contribution in [0.15, 0.2) is 0 Å². The molecule has 0 aliphatic heterocycles. The van der Waals surface area contributed by atoms with Gasteiger partial charge in [0.2, 0.25) is 0 Å². The topological polar surface area (TPSA) is 104 Å². The molecule has 0 aromatic rings. The molecule has 4 heteroatoms. The fourth-order valence-electron chi connectivity index (χ4n) is 3.94. The van der Waals surface area contributed by atoms with E-state index in [4.69, 9.17) is 22.9 Å². The van der Waals surface area contributed by atoms with Crippen molar-refractivity contribution in [3.05, 3.63) is 0 Å².